The number of thiophene rings is 1. The fourth-order valence-corrected chi connectivity index (χ4v) is 5.92. The molecule has 0 saturated carbocycles. The summed E-state index contributed by atoms with van der Waals surface area (Å²) in [5, 5.41) is 3.45. The zero-order valence-electron chi connectivity index (χ0n) is 19.0. The molecule has 3 aromatic heterocycles. The third-order valence-corrected chi connectivity index (χ3v) is 7.72. The molecule has 0 unspecified atom stereocenters. The molecule has 1 N–H and O–H groups in total. The number of carbonyl (C=O) groups excluding carboxylic acids is 2. The van der Waals surface area contributed by atoms with Crippen LogP contribution in [0.2, 0.25) is 0 Å². The molecule has 2 aliphatic rings. The second-order valence-corrected chi connectivity index (χ2v) is 9.81. The largest absolute Gasteiger partial charge is 0.354 e. The van der Waals surface area contributed by atoms with Crippen LogP contribution in [0.3, 0.4) is 0 Å². The molecule has 1 aliphatic carbocycles. The molecule has 34 heavy (non-hydrogen) atoms. The Bertz CT molecular complexity index is 1250. The maximum absolute atomic E-state index is 13.0. The Balaban J connectivity index is 1.11. The highest BCUT2D eigenvalue weighted by molar-refractivity contribution is 7.18. The van der Waals surface area contributed by atoms with Crippen LogP contribution in [-0.4, -0.2) is 64.0 Å². The lowest BCUT2D eigenvalue weighted by Crippen LogP contribution is -2.49. The number of anilines is 1. The lowest BCUT2D eigenvalue weighted by Gasteiger charge is -2.35. The second kappa shape index (κ2) is 9.92. The quantitative estimate of drug-likeness (QED) is 0.575. The predicted molar refractivity (Wildman–Crippen MR) is 131 cm³/mol. The number of hydrogen-bond acceptors (Lipinski definition) is 7. The van der Waals surface area contributed by atoms with Gasteiger partial charge < -0.3 is 15.1 Å². The highest BCUT2D eigenvalue weighted by Gasteiger charge is 2.22. The molecule has 0 atom stereocenters. The number of amides is 2. The first kappa shape index (κ1) is 22.5. The molecule has 1 aliphatic heterocycles. The summed E-state index contributed by atoms with van der Waals surface area (Å²) in [4.78, 5) is 52.8. The molecule has 1 fully saturated rings. The van der Waals surface area contributed by atoms with Crippen molar-refractivity contribution in [1.82, 2.24) is 24.8 Å². The van der Waals surface area contributed by atoms with Crippen LogP contribution in [0.1, 0.15) is 29.7 Å². The molecule has 0 radical (unpaired) electrons. The fourth-order valence-electron chi connectivity index (χ4n) is 4.70. The van der Waals surface area contributed by atoms with Crippen LogP contribution in [0, 0.1) is 0 Å². The average molecular weight is 481 g/mol. The average Bonchev–Trinajstić information content (AvgIpc) is 3.26. The van der Waals surface area contributed by atoms with Crippen molar-refractivity contribution in [1.29, 1.82) is 0 Å². The van der Waals surface area contributed by atoms with E-state index in [1.807, 2.05) is 23.1 Å². The monoisotopic (exact) mass is 480 g/mol. The van der Waals surface area contributed by atoms with Crippen molar-refractivity contribution >= 4 is 39.2 Å². The normalized spacial score (nSPS) is 15.9. The maximum atomic E-state index is 13.0. The van der Waals surface area contributed by atoms with Crippen LogP contribution >= 0.6 is 11.3 Å². The van der Waals surface area contributed by atoms with E-state index in [0.29, 0.717) is 18.5 Å². The smallest absolute Gasteiger partial charge is 0.262 e. The molecule has 10 heteroatoms. The van der Waals surface area contributed by atoms with Gasteiger partial charge in [-0.05, 0) is 43.4 Å². The number of nitrogens with one attached hydrogen (secondary N) is 1. The summed E-state index contributed by atoms with van der Waals surface area (Å²) in [5.74, 6) is 0.652. The van der Waals surface area contributed by atoms with Crippen molar-refractivity contribution < 1.29 is 9.59 Å². The van der Waals surface area contributed by atoms with Gasteiger partial charge in [0.1, 0.15) is 17.2 Å². The van der Waals surface area contributed by atoms with Crippen LogP contribution in [0.25, 0.3) is 10.2 Å². The van der Waals surface area contributed by atoms with Crippen molar-refractivity contribution in [2.45, 2.75) is 38.6 Å². The van der Waals surface area contributed by atoms with E-state index in [4.69, 9.17) is 0 Å². The van der Waals surface area contributed by atoms with Gasteiger partial charge in [-0.25, -0.2) is 9.97 Å². The molecular formula is C24H28N6O3S. The van der Waals surface area contributed by atoms with E-state index in [1.54, 1.807) is 17.5 Å². The Morgan fingerprint density at radius 1 is 1.06 bits per heavy atom. The lowest BCUT2D eigenvalue weighted by molar-refractivity contribution is -0.131. The molecule has 1 saturated heterocycles. The molecule has 0 bridgehead atoms. The standard InChI is InChI=1S/C24H28N6O3S/c31-20(15-30-16-27-23-22(24(30)33)17-5-1-2-6-18(17)34-23)26-10-8-21(32)29-13-11-28(12-14-29)19-7-3-4-9-25-19/h3-4,7,9,16H,1-2,5-6,8,10-15H2,(H,26,31). The topological polar surface area (TPSA) is 100 Å². The van der Waals surface area contributed by atoms with Gasteiger partial charge in [-0.1, -0.05) is 6.07 Å². The third kappa shape index (κ3) is 4.68. The molecule has 0 spiro atoms. The zero-order chi connectivity index (χ0) is 23.5. The minimum Gasteiger partial charge on any atom is -0.354 e. The summed E-state index contributed by atoms with van der Waals surface area (Å²) in [7, 11) is 0. The van der Waals surface area contributed by atoms with Crippen LogP contribution in [-0.2, 0) is 29.0 Å². The minimum atomic E-state index is -0.292. The van der Waals surface area contributed by atoms with Crippen LogP contribution < -0.4 is 15.8 Å². The van der Waals surface area contributed by atoms with Gasteiger partial charge in [0.2, 0.25) is 11.8 Å². The summed E-state index contributed by atoms with van der Waals surface area (Å²) >= 11 is 1.60. The summed E-state index contributed by atoms with van der Waals surface area (Å²) in [5.41, 5.74) is 0.966. The summed E-state index contributed by atoms with van der Waals surface area (Å²) in [6, 6.07) is 5.82. The first-order chi connectivity index (χ1) is 16.6. The first-order valence-electron chi connectivity index (χ1n) is 11.8. The van der Waals surface area contributed by atoms with Gasteiger partial charge in [0.05, 0.1) is 11.7 Å². The Morgan fingerprint density at radius 2 is 1.88 bits per heavy atom. The number of rotatable bonds is 6. The highest BCUT2D eigenvalue weighted by Crippen LogP contribution is 2.33. The molecule has 2 amide bonds. The Labute approximate surface area is 201 Å². The molecular weight excluding hydrogens is 452 g/mol. The minimum absolute atomic E-state index is 0.0196. The Hall–Kier alpha value is -3.27. The van der Waals surface area contributed by atoms with Gasteiger partial charge >= 0.3 is 0 Å². The van der Waals surface area contributed by atoms with Gasteiger partial charge in [-0.3, -0.25) is 19.0 Å². The van der Waals surface area contributed by atoms with Crippen LogP contribution in [0.15, 0.2) is 35.5 Å². The van der Waals surface area contributed by atoms with E-state index in [1.165, 1.54) is 15.8 Å². The van der Waals surface area contributed by atoms with Crippen LogP contribution in [0.4, 0.5) is 5.82 Å². The summed E-state index contributed by atoms with van der Waals surface area (Å²) in [6.45, 7) is 2.89. The number of piperazine rings is 1. The predicted octanol–water partition coefficient (Wildman–Crippen LogP) is 1.59. The number of aryl methyl sites for hydroxylation is 2. The molecule has 0 aromatic carbocycles. The van der Waals surface area contributed by atoms with E-state index in [2.05, 4.69) is 20.2 Å². The lowest BCUT2D eigenvalue weighted by atomic mass is 9.97. The van der Waals surface area contributed by atoms with E-state index in [9.17, 15) is 14.4 Å². The van der Waals surface area contributed by atoms with Gasteiger partial charge in [0.15, 0.2) is 0 Å². The van der Waals surface area contributed by atoms with Crippen LogP contribution in [0.5, 0.6) is 0 Å². The fraction of sp³-hybridized carbons (Fsp3) is 0.458. The van der Waals surface area contributed by atoms with Crippen molar-refractivity contribution in [2.75, 3.05) is 37.6 Å². The van der Waals surface area contributed by atoms with Crippen molar-refractivity contribution in [2.24, 2.45) is 0 Å². The number of fused-ring (bicyclic) bond motifs is 3. The SMILES string of the molecule is O=C(Cn1cnc2sc3c(c2c1=O)CCCC3)NCCC(=O)N1CCN(c2ccccn2)CC1. The van der Waals surface area contributed by atoms with E-state index in [-0.39, 0.29) is 36.9 Å². The number of nitrogens with zero attached hydrogens (tertiary/aromatic N) is 5. The van der Waals surface area contributed by atoms with E-state index >= 15 is 0 Å². The van der Waals surface area contributed by atoms with E-state index in [0.717, 1.165) is 55.0 Å². The molecule has 3 aromatic rings. The summed E-state index contributed by atoms with van der Waals surface area (Å²) < 4.78 is 1.37. The first-order valence-corrected chi connectivity index (χ1v) is 12.6. The second-order valence-electron chi connectivity index (χ2n) is 8.72. The van der Waals surface area contributed by atoms with Crippen molar-refractivity contribution in [3.8, 4) is 0 Å². The Kier molecular flexibility index (Phi) is 6.57. The summed E-state index contributed by atoms with van der Waals surface area (Å²) in [6.07, 6.45) is 7.60. The van der Waals surface area contributed by atoms with Gasteiger partial charge in [-0.15, -0.1) is 11.3 Å². The number of aromatic nitrogens is 3. The van der Waals surface area contributed by atoms with Crippen molar-refractivity contribution in [3.63, 3.8) is 0 Å². The van der Waals surface area contributed by atoms with Gasteiger partial charge in [-0.2, -0.15) is 0 Å². The number of pyridine rings is 1. The number of hydrogen-bond donors (Lipinski definition) is 1. The highest BCUT2D eigenvalue weighted by atomic mass is 32.1. The van der Waals surface area contributed by atoms with Gasteiger partial charge in [0, 0.05) is 50.2 Å². The maximum Gasteiger partial charge on any atom is 0.262 e. The molecule has 4 heterocycles. The zero-order valence-corrected chi connectivity index (χ0v) is 19.9. The molecule has 9 nitrogen and oxygen atoms in total. The Morgan fingerprint density at radius 3 is 2.68 bits per heavy atom. The van der Waals surface area contributed by atoms with E-state index < -0.39 is 0 Å². The molecule has 178 valence electrons. The van der Waals surface area contributed by atoms with Crippen molar-refractivity contribution in [3.05, 3.63) is 51.5 Å². The van der Waals surface area contributed by atoms with Gasteiger partial charge in [0.25, 0.3) is 5.56 Å². The third-order valence-electron chi connectivity index (χ3n) is 6.52. The number of carbonyl (C=O) groups is 2. The molecule has 5 rings (SSSR count).